The molecule has 0 radical (unpaired) electrons. The number of hydrogen-bond donors (Lipinski definition) is 1. The molecule has 2 aliphatic rings. The van der Waals surface area contributed by atoms with E-state index in [1.165, 1.54) is 0 Å². The number of carbonyl (C=O) groups is 1. The molecule has 0 aromatic heterocycles. The summed E-state index contributed by atoms with van der Waals surface area (Å²) in [6.07, 6.45) is 1.57. The van der Waals surface area contributed by atoms with Gasteiger partial charge in [-0.2, -0.15) is 0 Å². The number of rotatable bonds is 2. The van der Waals surface area contributed by atoms with Gasteiger partial charge in [0.1, 0.15) is 5.60 Å². The van der Waals surface area contributed by atoms with Gasteiger partial charge in [0.2, 0.25) is 0 Å². The normalized spacial score (nSPS) is 22.6. The molecule has 2 rings (SSSR count). The monoisotopic (exact) mass is 544 g/mol. The summed E-state index contributed by atoms with van der Waals surface area (Å²) in [4.78, 5) is 20.3. The largest absolute Gasteiger partial charge is 0.444 e. The van der Waals surface area contributed by atoms with E-state index in [0.29, 0.717) is 32.1 Å². The van der Waals surface area contributed by atoms with Crippen LogP contribution in [0.25, 0.3) is 0 Å². The van der Waals surface area contributed by atoms with Crippen LogP contribution in [0.1, 0.15) is 47.5 Å². The lowest BCUT2D eigenvalue weighted by Gasteiger charge is -2.39. The van der Waals surface area contributed by atoms with Gasteiger partial charge < -0.3 is 19.9 Å². The molecule has 2 saturated heterocycles. The standard InChI is InChI=1S/C19H36N4O4S.HI/c1-18(2,3)27-17(24)22-9-7-15(8-10-22)13-21-16(20-6)23-11-12-28(25,26)19(4,5)14-23;/h15H,7-14H2,1-6H3,(H,20,21);1H. The van der Waals surface area contributed by atoms with E-state index in [1.807, 2.05) is 25.7 Å². The molecule has 2 heterocycles. The average molecular weight is 545 g/mol. The Morgan fingerprint density at radius 2 is 1.76 bits per heavy atom. The number of hydrogen-bond acceptors (Lipinski definition) is 5. The van der Waals surface area contributed by atoms with Gasteiger partial charge in [0, 0.05) is 39.8 Å². The summed E-state index contributed by atoms with van der Waals surface area (Å²) in [6.45, 7) is 12.2. The highest BCUT2D eigenvalue weighted by Crippen LogP contribution is 2.24. The molecule has 0 saturated carbocycles. The van der Waals surface area contributed by atoms with Crippen molar-refractivity contribution in [3.05, 3.63) is 0 Å². The predicted molar refractivity (Wildman–Crippen MR) is 127 cm³/mol. The number of aliphatic imine (C=N–C) groups is 1. The fraction of sp³-hybridized carbons (Fsp3) is 0.895. The van der Waals surface area contributed by atoms with Gasteiger partial charge in [-0.1, -0.05) is 0 Å². The van der Waals surface area contributed by atoms with E-state index in [9.17, 15) is 13.2 Å². The van der Waals surface area contributed by atoms with Crippen LogP contribution in [-0.2, 0) is 14.6 Å². The topological polar surface area (TPSA) is 91.3 Å². The summed E-state index contributed by atoms with van der Waals surface area (Å²) in [7, 11) is -1.35. The molecule has 0 aromatic rings. The van der Waals surface area contributed by atoms with Gasteiger partial charge in [-0.15, -0.1) is 24.0 Å². The first kappa shape index (κ1) is 26.3. The molecule has 0 bridgehead atoms. The highest BCUT2D eigenvalue weighted by molar-refractivity contribution is 14.0. The number of nitrogens with zero attached hydrogens (tertiary/aromatic N) is 3. The van der Waals surface area contributed by atoms with Crippen LogP contribution in [0.2, 0.25) is 0 Å². The summed E-state index contributed by atoms with van der Waals surface area (Å²) < 4.78 is 29.1. The van der Waals surface area contributed by atoms with Crippen molar-refractivity contribution in [2.75, 3.05) is 45.5 Å². The number of nitrogens with one attached hydrogen (secondary N) is 1. The third-order valence-corrected chi connectivity index (χ3v) is 7.90. The number of sulfone groups is 1. The second-order valence-corrected chi connectivity index (χ2v) is 12.1. The molecule has 170 valence electrons. The van der Waals surface area contributed by atoms with Gasteiger partial charge >= 0.3 is 6.09 Å². The highest BCUT2D eigenvalue weighted by Gasteiger charge is 2.41. The fourth-order valence-electron chi connectivity index (χ4n) is 3.54. The van der Waals surface area contributed by atoms with Crippen molar-refractivity contribution in [2.45, 2.75) is 57.8 Å². The summed E-state index contributed by atoms with van der Waals surface area (Å²) in [5.74, 6) is 1.34. The van der Waals surface area contributed by atoms with E-state index in [1.54, 1.807) is 25.8 Å². The van der Waals surface area contributed by atoms with Crippen LogP contribution >= 0.6 is 24.0 Å². The first-order valence-electron chi connectivity index (χ1n) is 10.0. The molecule has 8 nitrogen and oxygen atoms in total. The van der Waals surface area contributed by atoms with Crippen LogP contribution in [-0.4, -0.2) is 86.1 Å². The van der Waals surface area contributed by atoms with Crippen LogP contribution in [0.5, 0.6) is 0 Å². The molecule has 0 unspecified atom stereocenters. The molecule has 0 atom stereocenters. The Morgan fingerprint density at radius 1 is 1.17 bits per heavy atom. The Bertz CT molecular complexity index is 695. The fourth-order valence-corrected chi connectivity index (χ4v) is 4.90. The summed E-state index contributed by atoms with van der Waals surface area (Å²) in [6, 6.07) is 0. The molecule has 0 spiro atoms. The summed E-state index contributed by atoms with van der Waals surface area (Å²) >= 11 is 0. The zero-order chi connectivity index (χ0) is 21.2. The number of halogens is 1. The maximum absolute atomic E-state index is 12.2. The van der Waals surface area contributed by atoms with E-state index in [0.717, 1.165) is 25.3 Å². The van der Waals surface area contributed by atoms with E-state index < -0.39 is 20.2 Å². The Labute approximate surface area is 192 Å². The van der Waals surface area contributed by atoms with Crippen molar-refractivity contribution >= 4 is 45.9 Å². The molecule has 0 aliphatic carbocycles. The molecule has 29 heavy (non-hydrogen) atoms. The molecular weight excluding hydrogens is 507 g/mol. The SMILES string of the molecule is CN=C(NCC1CCN(C(=O)OC(C)(C)C)CC1)N1CCS(=O)(=O)C(C)(C)C1.I. The van der Waals surface area contributed by atoms with Gasteiger partial charge in [-0.3, -0.25) is 4.99 Å². The first-order valence-corrected chi connectivity index (χ1v) is 11.7. The van der Waals surface area contributed by atoms with Gasteiger partial charge in [0.25, 0.3) is 0 Å². The maximum Gasteiger partial charge on any atom is 0.410 e. The van der Waals surface area contributed by atoms with Crippen LogP contribution in [0.3, 0.4) is 0 Å². The van der Waals surface area contributed by atoms with Gasteiger partial charge in [0.05, 0.1) is 10.5 Å². The molecule has 0 aromatic carbocycles. The van der Waals surface area contributed by atoms with Crippen molar-refractivity contribution in [3.8, 4) is 0 Å². The molecule has 1 N–H and O–H groups in total. The second kappa shape index (κ2) is 10.0. The summed E-state index contributed by atoms with van der Waals surface area (Å²) in [5, 5.41) is 3.40. The number of guanidine groups is 1. The average Bonchev–Trinajstić information content (AvgIpc) is 2.57. The van der Waals surface area contributed by atoms with E-state index in [4.69, 9.17) is 4.74 Å². The summed E-state index contributed by atoms with van der Waals surface area (Å²) in [5.41, 5.74) is -0.475. The second-order valence-electron chi connectivity index (χ2n) is 9.34. The van der Waals surface area contributed by atoms with Crippen LogP contribution in [0.4, 0.5) is 4.79 Å². The lowest BCUT2D eigenvalue weighted by molar-refractivity contribution is 0.0185. The Morgan fingerprint density at radius 3 is 2.24 bits per heavy atom. The third kappa shape index (κ3) is 7.15. The quantitative estimate of drug-likeness (QED) is 0.326. The van der Waals surface area contributed by atoms with Crippen LogP contribution in [0.15, 0.2) is 4.99 Å². The smallest absolute Gasteiger partial charge is 0.410 e. The van der Waals surface area contributed by atoms with Crippen molar-refractivity contribution in [1.29, 1.82) is 0 Å². The molecular formula is C19H37IN4O4S. The van der Waals surface area contributed by atoms with Gasteiger partial charge in [-0.25, -0.2) is 13.2 Å². The third-order valence-electron chi connectivity index (χ3n) is 5.37. The lowest BCUT2D eigenvalue weighted by Crippen LogP contribution is -2.57. The Kier molecular flexibility index (Phi) is 9.07. The predicted octanol–water partition coefficient (Wildman–Crippen LogP) is 2.34. The molecule has 2 aliphatic heterocycles. The van der Waals surface area contributed by atoms with Crippen molar-refractivity contribution < 1.29 is 17.9 Å². The van der Waals surface area contributed by atoms with Crippen LogP contribution < -0.4 is 5.32 Å². The number of ether oxygens (including phenoxy) is 1. The maximum atomic E-state index is 12.2. The van der Waals surface area contributed by atoms with E-state index >= 15 is 0 Å². The minimum absolute atomic E-state index is 0. The number of likely N-dealkylation sites (tertiary alicyclic amines) is 1. The zero-order valence-electron chi connectivity index (χ0n) is 18.5. The highest BCUT2D eigenvalue weighted by atomic mass is 127. The van der Waals surface area contributed by atoms with Crippen molar-refractivity contribution in [3.63, 3.8) is 0 Å². The van der Waals surface area contributed by atoms with Gasteiger partial charge in [-0.05, 0) is 53.4 Å². The van der Waals surface area contributed by atoms with Crippen LogP contribution in [0, 0.1) is 5.92 Å². The first-order chi connectivity index (χ1) is 12.8. The minimum atomic E-state index is -3.07. The minimum Gasteiger partial charge on any atom is -0.444 e. The van der Waals surface area contributed by atoms with E-state index in [-0.39, 0.29) is 35.8 Å². The zero-order valence-corrected chi connectivity index (χ0v) is 21.7. The molecule has 10 heteroatoms. The lowest BCUT2D eigenvalue weighted by atomic mass is 9.97. The number of piperidine rings is 1. The van der Waals surface area contributed by atoms with E-state index in [2.05, 4.69) is 10.3 Å². The van der Waals surface area contributed by atoms with Crippen molar-refractivity contribution in [2.24, 2.45) is 10.9 Å². The Hall–Kier alpha value is -0.780. The molecule has 1 amide bonds. The number of carbonyl (C=O) groups excluding carboxylic acids is 1. The number of amides is 1. The van der Waals surface area contributed by atoms with Crippen molar-refractivity contribution in [1.82, 2.24) is 15.1 Å². The van der Waals surface area contributed by atoms with Gasteiger partial charge in [0.15, 0.2) is 15.8 Å². The molecule has 2 fully saturated rings. The Balaban J connectivity index is 0.00000420.